The number of carbonyl (C=O) groups excluding carboxylic acids is 2. The Morgan fingerprint density at radius 2 is 1.74 bits per heavy atom. The minimum Gasteiger partial charge on any atom is -0.338 e. The molecule has 0 aliphatic rings. The SMILES string of the molecule is C[C@H](C=O)[C@@H](c1ccccc1)N(C)C(=O)C(C)(C)C. The van der Waals surface area contributed by atoms with Crippen molar-refractivity contribution in [2.24, 2.45) is 11.3 Å². The molecule has 2 atom stereocenters. The fraction of sp³-hybridized carbons (Fsp3) is 0.500. The maximum absolute atomic E-state index is 12.4. The smallest absolute Gasteiger partial charge is 0.228 e. The normalized spacial score (nSPS) is 14.6. The van der Waals surface area contributed by atoms with Gasteiger partial charge >= 0.3 is 0 Å². The molecule has 0 bridgehead atoms. The standard InChI is InChI=1S/C16H23NO2/c1-12(11-18)14(13-9-7-6-8-10-13)17(5)15(19)16(2,3)4/h6-12,14H,1-5H3/t12-,14+/m1/s1. The van der Waals surface area contributed by atoms with Crippen molar-refractivity contribution >= 4 is 12.2 Å². The van der Waals surface area contributed by atoms with Gasteiger partial charge in [0.2, 0.25) is 5.91 Å². The molecule has 104 valence electrons. The van der Waals surface area contributed by atoms with Gasteiger partial charge < -0.3 is 9.69 Å². The van der Waals surface area contributed by atoms with E-state index in [1.165, 1.54) is 0 Å². The molecule has 19 heavy (non-hydrogen) atoms. The molecule has 0 N–H and O–H groups in total. The highest BCUT2D eigenvalue weighted by atomic mass is 16.2. The number of carbonyl (C=O) groups is 2. The zero-order valence-corrected chi connectivity index (χ0v) is 12.4. The number of rotatable bonds is 4. The number of aldehydes is 1. The summed E-state index contributed by atoms with van der Waals surface area (Å²) in [5.74, 6) is -0.200. The lowest BCUT2D eigenvalue weighted by molar-refractivity contribution is -0.141. The molecule has 0 spiro atoms. The third-order valence-electron chi connectivity index (χ3n) is 3.23. The van der Waals surface area contributed by atoms with E-state index in [0.29, 0.717) is 0 Å². The Morgan fingerprint density at radius 1 is 1.21 bits per heavy atom. The molecule has 1 amide bonds. The molecule has 0 aliphatic heterocycles. The Morgan fingerprint density at radius 3 is 2.16 bits per heavy atom. The summed E-state index contributed by atoms with van der Waals surface area (Å²) in [4.78, 5) is 25.3. The molecule has 0 heterocycles. The van der Waals surface area contributed by atoms with Crippen molar-refractivity contribution in [1.82, 2.24) is 4.90 Å². The van der Waals surface area contributed by atoms with E-state index in [0.717, 1.165) is 11.8 Å². The Bertz CT molecular complexity index is 434. The molecule has 1 rings (SSSR count). The minimum atomic E-state index is -0.454. The van der Waals surface area contributed by atoms with Crippen LogP contribution in [0.2, 0.25) is 0 Å². The summed E-state index contributed by atoms with van der Waals surface area (Å²) in [6.45, 7) is 7.51. The van der Waals surface area contributed by atoms with Crippen LogP contribution in [0, 0.1) is 11.3 Å². The maximum Gasteiger partial charge on any atom is 0.228 e. The number of nitrogens with zero attached hydrogens (tertiary/aromatic N) is 1. The van der Waals surface area contributed by atoms with E-state index >= 15 is 0 Å². The van der Waals surface area contributed by atoms with Gasteiger partial charge in [-0.1, -0.05) is 58.0 Å². The highest BCUT2D eigenvalue weighted by Gasteiger charge is 2.32. The highest BCUT2D eigenvalue weighted by molar-refractivity contribution is 5.82. The second-order valence-corrected chi connectivity index (χ2v) is 6.02. The summed E-state index contributed by atoms with van der Waals surface area (Å²) in [5, 5.41) is 0. The highest BCUT2D eigenvalue weighted by Crippen LogP contribution is 2.30. The third-order valence-corrected chi connectivity index (χ3v) is 3.23. The fourth-order valence-corrected chi connectivity index (χ4v) is 2.26. The average Bonchev–Trinajstić information content (AvgIpc) is 2.37. The Hall–Kier alpha value is -1.64. The van der Waals surface area contributed by atoms with E-state index in [-0.39, 0.29) is 17.9 Å². The first-order chi connectivity index (χ1) is 8.79. The molecule has 1 aromatic carbocycles. The Labute approximate surface area is 115 Å². The molecule has 1 aromatic rings. The lowest BCUT2D eigenvalue weighted by Gasteiger charge is -2.35. The molecular weight excluding hydrogens is 238 g/mol. The zero-order chi connectivity index (χ0) is 14.6. The van der Waals surface area contributed by atoms with Gasteiger partial charge in [0.25, 0.3) is 0 Å². The van der Waals surface area contributed by atoms with Gasteiger partial charge in [-0.2, -0.15) is 0 Å². The quantitative estimate of drug-likeness (QED) is 0.781. The van der Waals surface area contributed by atoms with Gasteiger partial charge in [0.1, 0.15) is 6.29 Å². The van der Waals surface area contributed by atoms with Gasteiger partial charge in [0.05, 0.1) is 6.04 Å². The third kappa shape index (κ3) is 3.66. The number of benzene rings is 1. The van der Waals surface area contributed by atoms with Gasteiger partial charge in [0, 0.05) is 18.4 Å². The van der Waals surface area contributed by atoms with Crippen LogP contribution in [0.5, 0.6) is 0 Å². The van der Waals surface area contributed by atoms with E-state index in [9.17, 15) is 9.59 Å². The minimum absolute atomic E-state index is 0.0371. The molecule has 3 heteroatoms. The topological polar surface area (TPSA) is 37.4 Å². The van der Waals surface area contributed by atoms with Crippen LogP contribution in [0.15, 0.2) is 30.3 Å². The van der Waals surface area contributed by atoms with Crippen LogP contribution in [-0.2, 0) is 9.59 Å². The van der Waals surface area contributed by atoms with Crippen LogP contribution in [0.25, 0.3) is 0 Å². The molecular formula is C16H23NO2. The van der Waals surface area contributed by atoms with Crippen molar-refractivity contribution in [3.8, 4) is 0 Å². The van der Waals surface area contributed by atoms with Crippen molar-refractivity contribution < 1.29 is 9.59 Å². The first kappa shape index (κ1) is 15.4. The van der Waals surface area contributed by atoms with Gasteiger partial charge in [-0.15, -0.1) is 0 Å². The molecule has 0 aliphatic carbocycles. The molecule has 0 fully saturated rings. The second-order valence-electron chi connectivity index (χ2n) is 6.02. The van der Waals surface area contributed by atoms with Crippen molar-refractivity contribution in [3.05, 3.63) is 35.9 Å². The van der Waals surface area contributed by atoms with Crippen LogP contribution in [0.4, 0.5) is 0 Å². The average molecular weight is 261 g/mol. The van der Waals surface area contributed by atoms with Crippen LogP contribution in [-0.4, -0.2) is 24.1 Å². The van der Waals surface area contributed by atoms with Gasteiger partial charge in [0.15, 0.2) is 0 Å². The Kier molecular flexibility index (Phi) is 4.87. The monoisotopic (exact) mass is 261 g/mol. The number of amides is 1. The second kappa shape index (κ2) is 6.00. The van der Waals surface area contributed by atoms with E-state index in [2.05, 4.69) is 0 Å². The molecule has 0 saturated heterocycles. The molecule has 0 saturated carbocycles. The number of hydrogen-bond acceptors (Lipinski definition) is 2. The van der Waals surface area contributed by atoms with Gasteiger partial charge in [-0.05, 0) is 5.56 Å². The van der Waals surface area contributed by atoms with Gasteiger partial charge in [-0.3, -0.25) is 4.79 Å². The summed E-state index contributed by atoms with van der Waals surface area (Å²) >= 11 is 0. The van der Waals surface area contributed by atoms with Crippen molar-refractivity contribution in [1.29, 1.82) is 0 Å². The predicted molar refractivity (Wildman–Crippen MR) is 76.6 cm³/mol. The van der Waals surface area contributed by atoms with E-state index < -0.39 is 5.41 Å². The first-order valence-corrected chi connectivity index (χ1v) is 6.56. The number of hydrogen-bond donors (Lipinski definition) is 0. The maximum atomic E-state index is 12.4. The summed E-state index contributed by atoms with van der Waals surface area (Å²) in [6.07, 6.45) is 0.907. The van der Waals surface area contributed by atoms with Gasteiger partial charge in [-0.25, -0.2) is 0 Å². The largest absolute Gasteiger partial charge is 0.338 e. The molecule has 0 aromatic heterocycles. The Balaban J connectivity index is 3.12. The molecule has 3 nitrogen and oxygen atoms in total. The van der Waals surface area contributed by atoms with Crippen LogP contribution < -0.4 is 0 Å². The van der Waals surface area contributed by atoms with Crippen LogP contribution in [0.3, 0.4) is 0 Å². The summed E-state index contributed by atoms with van der Waals surface area (Å²) in [7, 11) is 1.77. The lowest BCUT2D eigenvalue weighted by atomic mass is 9.89. The van der Waals surface area contributed by atoms with Crippen LogP contribution in [0.1, 0.15) is 39.3 Å². The first-order valence-electron chi connectivity index (χ1n) is 6.56. The van der Waals surface area contributed by atoms with Crippen LogP contribution >= 0.6 is 0 Å². The summed E-state index contributed by atoms with van der Waals surface area (Å²) in [5.41, 5.74) is 0.534. The van der Waals surface area contributed by atoms with Crippen molar-refractivity contribution in [3.63, 3.8) is 0 Å². The van der Waals surface area contributed by atoms with Crippen molar-refractivity contribution in [2.45, 2.75) is 33.7 Å². The summed E-state index contributed by atoms with van der Waals surface area (Å²) < 4.78 is 0. The lowest BCUT2D eigenvalue weighted by Crippen LogP contribution is -2.41. The molecule has 0 unspecified atom stereocenters. The molecule has 0 radical (unpaired) electrons. The zero-order valence-electron chi connectivity index (χ0n) is 12.4. The predicted octanol–water partition coefficient (Wildman–Crippen LogP) is 3.07. The fourth-order valence-electron chi connectivity index (χ4n) is 2.26. The van der Waals surface area contributed by atoms with E-state index in [4.69, 9.17) is 0 Å². The van der Waals surface area contributed by atoms with E-state index in [1.807, 2.05) is 58.0 Å². The summed E-state index contributed by atoms with van der Waals surface area (Å²) in [6, 6.07) is 9.47. The van der Waals surface area contributed by atoms with E-state index in [1.54, 1.807) is 11.9 Å². The van der Waals surface area contributed by atoms with Crippen molar-refractivity contribution in [2.75, 3.05) is 7.05 Å².